The monoisotopic (exact) mass is 177 g/mol. The number of nitrogens with two attached hydrogens (primary N) is 1. The topological polar surface area (TPSA) is 62.8 Å². The Hall–Kier alpha value is -0.610. The first kappa shape index (κ1) is 9.39. The zero-order chi connectivity index (χ0) is 6.85. The lowest BCUT2D eigenvalue weighted by Crippen LogP contribution is -2.08. The molecular weight excluding hydrogens is 170 g/mol. The zero-order valence-electron chi connectivity index (χ0n) is 5.42. The predicted molar refractivity (Wildman–Crippen MR) is 45.1 cm³/mol. The fourth-order valence-corrected chi connectivity index (χ4v) is 1.12. The number of nitrogens with one attached hydrogen (secondary N) is 1. The van der Waals surface area contributed by atoms with Gasteiger partial charge in [0.2, 0.25) is 0 Å². The van der Waals surface area contributed by atoms with E-state index in [-0.39, 0.29) is 18.2 Å². The van der Waals surface area contributed by atoms with Crippen LogP contribution < -0.4 is 5.73 Å². The standard InChI is InChI=1S/C5H7N3S.ClH/c1-3-8-2-4(9-3)5(6)7;/h2H,1H3,(H3,6,7);1H. The van der Waals surface area contributed by atoms with Crippen LogP contribution in [0, 0.1) is 12.3 Å². The summed E-state index contributed by atoms with van der Waals surface area (Å²) in [6.45, 7) is 1.89. The van der Waals surface area contributed by atoms with Crippen LogP contribution in [0.2, 0.25) is 0 Å². The van der Waals surface area contributed by atoms with Crippen LogP contribution in [0.4, 0.5) is 0 Å². The number of nitrogens with zero attached hydrogens (tertiary/aromatic N) is 1. The van der Waals surface area contributed by atoms with E-state index in [1.165, 1.54) is 11.3 Å². The number of thiazole rings is 1. The lowest BCUT2D eigenvalue weighted by atomic mass is 10.5. The Labute approximate surface area is 69.2 Å². The van der Waals surface area contributed by atoms with Crippen molar-refractivity contribution < 1.29 is 0 Å². The largest absolute Gasteiger partial charge is 0.383 e. The highest BCUT2D eigenvalue weighted by Crippen LogP contribution is 2.09. The Bertz CT molecular complexity index is 233. The van der Waals surface area contributed by atoms with E-state index < -0.39 is 0 Å². The van der Waals surface area contributed by atoms with Crippen LogP contribution in [0.3, 0.4) is 0 Å². The molecule has 0 radical (unpaired) electrons. The molecule has 0 aliphatic carbocycles. The van der Waals surface area contributed by atoms with Crippen LogP contribution in [0.1, 0.15) is 9.88 Å². The van der Waals surface area contributed by atoms with Gasteiger partial charge in [0.05, 0.1) is 9.88 Å². The van der Waals surface area contributed by atoms with Crippen molar-refractivity contribution in [3.8, 4) is 0 Å². The predicted octanol–water partition coefficient (Wildman–Crippen LogP) is 1.16. The van der Waals surface area contributed by atoms with E-state index in [2.05, 4.69) is 4.98 Å². The molecule has 0 bridgehead atoms. The van der Waals surface area contributed by atoms with Gasteiger partial charge in [0, 0.05) is 6.20 Å². The van der Waals surface area contributed by atoms with E-state index in [4.69, 9.17) is 11.1 Å². The third-order valence-electron chi connectivity index (χ3n) is 0.887. The summed E-state index contributed by atoms with van der Waals surface area (Å²) >= 11 is 1.44. The average molecular weight is 178 g/mol. The fourth-order valence-electron chi connectivity index (χ4n) is 0.486. The van der Waals surface area contributed by atoms with Crippen molar-refractivity contribution in [2.75, 3.05) is 0 Å². The molecule has 3 nitrogen and oxygen atoms in total. The number of nitrogen functional groups attached to an aromatic ring is 1. The maximum Gasteiger partial charge on any atom is 0.134 e. The molecule has 1 heterocycles. The molecule has 0 atom stereocenters. The molecule has 0 unspecified atom stereocenters. The van der Waals surface area contributed by atoms with Crippen LogP contribution >= 0.6 is 23.7 Å². The second-order valence-corrected chi connectivity index (χ2v) is 2.89. The first-order valence-corrected chi connectivity index (χ1v) is 3.28. The summed E-state index contributed by atoms with van der Waals surface area (Å²) in [5, 5.41) is 7.94. The number of halogens is 1. The molecule has 0 aliphatic rings. The highest BCUT2D eigenvalue weighted by atomic mass is 35.5. The summed E-state index contributed by atoms with van der Waals surface area (Å²) in [5.74, 6) is 0.0978. The summed E-state index contributed by atoms with van der Waals surface area (Å²) in [6, 6.07) is 0. The molecule has 3 N–H and O–H groups in total. The minimum atomic E-state index is 0. The van der Waals surface area contributed by atoms with Gasteiger partial charge in [-0.25, -0.2) is 4.98 Å². The molecule has 0 saturated heterocycles. The molecule has 1 rings (SSSR count). The summed E-state index contributed by atoms with van der Waals surface area (Å²) < 4.78 is 0. The number of rotatable bonds is 1. The number of aryl methyl sites for hydroxylation is 1. The summed E-state index contributed by atoms with van der Waals surface area (Å²) in [7, 11) is 0. The summed E-state index contributed by atoms with van der Waals surface area (Å²) in [6.07, 6.45) is 1.61. The minimum Gasteiger partial charge on any atom is -0.383 e. The van der Waals surface area contributed by atoms with Gasteiger partial charge in [-0.05, 0) is 6.92 Å². The normalized spacial score (nSPS) is 8.50. The Morgan fingerprint density at radius 3 is 2.60 bits per heavy atom. The molecule has 0 amide bonds. The van der Waals surface area contributed by atoms with E-state index in [1.807, 2.05) is 6.92 Å². The molecule has 0 saturated carbocycles. The molecule has 10 heavy (non-hydrogen) atoms. The van der Waals surface area contributed by atoms with Gasteiger partial charge in [0.25, 0.3) is 0 Å². The van der Waals surface area contributed by atoms with E-state index >= 15 is 0 Å². The van der Waals surface area contributed by atoms with Crippen molar-refractivity contribution in [2.45, 2.75) is 6.92 Å². The highest BCUT2D eigenvalue weighted by Gasteiger charge is 1.98. The molecule has 5 heteroatoms. The summed E-state index contributed by atoms with van der Waals surface area (Å²) in [4.78, 5) is 4.68. The molecule has 0 aromatic carbocycles. The Kier molecular flexibility index (Phi) is 3.32. The lowest BCUT2D eigenvalue weighted by molar-refractivity contribution is 1.29. The number of amidine groups is 1. The first-order chi connectivity index (χ1) is 4.20. The molecule has 56 valence electrons. The highest BCUT2D eigenvalue weighted by molar-refractivity contribution is 7.13. The van der Waals surface area contributed by atoms with E-state index in [0.29, 0.717) is 0 Å². The van der Waals surface area contributed by atoms with Crippen LogP contribution in [0.15, 0.2) is 6.20 Å². The van der Waals surface area contributed by atoms with Crippen molar-refractivity contribution in [3.05, 3.63) is 16.1 Å². The van der Waals surface area contributed by atoms with Crippen LogP contribution in [-0.4, -0.2) is 10.8 Å². The van der Waals surface area contributed by atoms with Gasteiger partial charge in [0.15, 0.2) is 0 Å². The van der Waals surface area contributed by atoms with Crippen molar-refractivity contribution >= 4 is 29.6 Å². The second-order valence-electron chi connectivity index (χ2n) is 1.66. The fraction of sp³-hybridized carbons (Fsp3) is 0.200. The van der Waals surface area contributed by atoms with Gasteiger partial charge in [-0.3, -0.25) is 5.41 Å². The quantitative estimate of drug-likeness (QED) is 0.500. The Balaban J connectivity index is 0.000000810. The van der Waals surface area contributed by atoms with Crippen molar-refractivity contribution in [2.24, 2.45) is 5.73 Å². The second kappa shape index (κ2) is 3.53. The first-order valence-electron chi connectivity index (χ1n) is 2.47. The van der Waals surface area contributed by atoms with Gasteiger partial charge in [-0.2, -0.15) is 0 Å². The van der Waals surface area contributed by atoms with Crippen LogP contribution in [-0.2, 0) is 0 Å². The van der Waals surface area contributed by atoms with Crippen LogP contribution in [0.5, 0.6) is 0 Å². The van der Waals surface area contributed by atoms with Crippen LogP contribution in [0.25, 0.3) is 0 Å². The molecule has 0 spiro atoms. The molecule has 1 aromatic heterocycles. The van der Waals surface area contributed by atoms with Gasteiger partial charge in [0.1, 0.15) is 5.84 Å². The third kappa shape index (κ3) is 1.97. The van der Waals surface area contributed by atoms with Gasteiger partial charge in [-0.1, -0.05) is 0 Å². The van der Waals surface area contributed by atoms with Gasteiger partial charge in [-0.15, -0.1) is 23.7 Å². The number of hydrogen-bond acceptors (Lipinski definition) is 3. The smallest absolute Gasteiger partial charge is 0.134 e. The maximum absolute atomic E-state index is 7.00. The molecule has 0 fully saturated rings. The average Bonchev–Trinajstić information content (AvgIpc) is 2.14. The zero-order valence-corrected chi connectivity index (χ0v) is 7.05. The molecule has 0 aliphatic heterocycles. The van der Waals surface area contributed by atoms with Gasteiger partial charge >= 0.3 is 0 Å². The Morgan fingerprint density at radius 2 is 2.40 bits per heavy atom. The van der Waals surface area contributed by atoms with Gasteiger partial charge < -0.3 is 5.73 Å². The van der Waals surface area contributed by atoms with Crippen molar-refractivity contribution in [1.82, 2.24) is 4.98 Å². The van der Waals surface area contributed by atoms with E-state index in [9.17, 15) is 0 Å². The van der Waals surface area contributed by atoms with Crippen molar-refractivity contribution in [3.63, 3.8) is 0 Å². The molecular formula is C5H8ClN3S. The van der Waals surface area contributed by atoms with E-state index in [1.54, 1.807) is 6.20 Å². The lowest BCUT2D eigenvalue weighted by Gasteiger charge is -1.84. The Morgan fingerprint density at radius 1 is 1.80 bits per heavy atom. The molecule has 1 aromatic rings. The number of aromatic nitrogens is 1. The van der Waals surface area contributed by atoms with Crippen molar-refractivity contribution in [1.29, 1.82) is 5.41 Å². The summed E-state index contributed by atoms with van der Waals surface area (Å²) in [5.41, 5.74) is 5.18. The van der Waals surface area contributed by atoms with E-state index in [0.717, 1.165) is 9.88 Å². The maximum atomic E-state index is 7.00. The third-order valence-corrected chi connectivity index (χ3v) is 1.83. The SMILES string of the molecule is Cc1ncc(C(=N)N)s1.Cl. The minimum absolute atomic E-state index is 0. The number of hydrogen-bond donors (Lipinski definition) is 2.